The zero-order valence-corrected chi connectivity index (χ0v) is 19.5. The molecule has 0 spiro atoms. The molecule has 170 valence electrons. The summed E-state index contributed by atoms with van der Waals surface area (Å²) in [6, 6.07) is 37.0. The molecule has 0 aliphatic rings. The third kappa shape index (κ3) is 4.79. The zero-order valence-electron chi connectivity index (χ0n) is 19.5. The van der Waals surface area contributed by atoms with Crippen LogP contribution in [-0.4, -0.2) is 22.4 Å². The van der Waals surface area contributed by atoms with E-state index in [-0.39, 0.29) is 0 Å². The number of pyridine rings is 2. The van der Waals surface area contributed by atoms with E-state index in [1.54, 1.807) is 12.4 Å². The van der Waals surface area contributed by atoms with E-state index in [0.717, 1.165) is 33.9 Å². The minimum absolute atomic E-state index is 0.795. The smallest absolute Gasteiger partial charge is 0.0887 e. The van der Waals surface area contributed by atoms with Gasteiger partial charge in [0.05, 0.1) is 35.2 Å². The van der Waals surface area contributed by atoms with Crippen LogP contribution >= 0.6 is 0 Å². The Balaban J connectivity index is 1.14. The predicted molar refractivity (Wildman–Crippen MR) is 150 cm³/mol. The van der Waals surface area contributed by atoms with Crippen molar-refractivity contribution in [3.63, 3.8) is 0 Å². The van der Waals surface area contributed by atoms with Gasteiger partial charge in [-0.2, -0.15) is 0 Å². The van der Waals surface area contributed by atoms with Gasteiger partial charge in [0.1, 0.15) is 0 Å². The lowest BCUT2D eigenvalue weighted by Gasteiger charge is -2.02. The number of aromatic nitrogens is 2. The summed E-state index contributed by atoms with van der Waals surface area (Å²) in [5.41, 5.74) is 5.29. The van der Waals surface area contributed by atoms with E-state index in [1.165, 1.54) is 21.5 Å². The highest BCUT2D eigenvalue weighted by Crippen LogP contribution is 2.21. The average molecular weight is 463 g/mol. The van der Waals surface area contributed by atoms with Gasteiger partial charge in [0, 0.05) is 12.4 Å². The number of fused-ring (bicyclic) bond motifs is 2. The van der Waals surface area contributed by atoms with Gasteiger partial charge in [0.15, 0.2) is 0 Å². The van der Waals surface area contributed by atoms with Gasteiger partial charge in [-0.15, -0.1) is 0 Å². The second-order valence-corrected chi connectivity index (χ2v) is 8.53. The van der Waals surface area contributed by atoms with Gasteiger partial charge < -0.3 is 0 Å². The van der Waals surface area contributed by atoms with Crippen molar-refractivity contribution in [3.05, 3.63) is 133 Å². The van der Waals surface area contributed by atoms with Crippen molar-refractivity contribution in [1.82, 2.24) is 9.97 Å². The maximum absolute atomic E-state index is 4.58. The molecule has 2 aromatic heterocycles. The molecule has 0 aliphatic heterocycles. The van der Waals surface area contributed by atoms with Crippen LogP contribution in [-0.2, 0) is 0 Å². The van der Waals surface area contributed by atoms with E-state index in [4.69, 9.17) is 0 Å². The summed E-state index contributed by atoms with van der Waals surface area (Å²) in [4.78, 5) is 18.3. The second-order valence-electron chi connectivity index (χ2n) is 8.53. The summed E-state index contributed by atoms with van der Waals surface area (Å²) in [5.74, 6) is 0. The van der Waals surface area contributed by atoms with Crippen LogP contribution in [0, 0.1) is 0 Å². The number of benzene rings is 4. The lowest BCUT2D eigenvalue weighted by Crippen LogP contribution is -1.87. The molecular formula is C32H22N4. The molecule has 2 heterocycles. The number of aliphatic imine (C=N–C) groups is 2. The fourth-order valence-corrected chi connectivity index (χ4v) is 4.10. The maximum atomic E-state index is 4.58. The Hall–Kier alpha value is -4.96. The number of hydrogen-bond donors (Lipinski definition) is 0. The van der Waals surface area contributed by atoms with Gasteiger partial charge in [-0.3, -0.25) is 20.0 Å². The van der Waals surface area contributed by atoms with Crippen molar-refractivity contribution in [3.8, 4) is 11.4 Å². The first kappa shape index (κ1) is 21.6. The highest BCUT2D eigenvalue weighted by molar-refractivity contribution is 5.92. The number of hydrogen-bond acceptors (Lipinski definition) is 4. The lowest BCUT2D eigenvalue weighted by molar-refractivity contribution is 1.23. The highest BCUT2D eigenvalue weighted by Gasteiger charge is 2.02. The van der Waals surface area contributed by atoms with E-state index >= 15 is 0 Å². The van der Waals surface area contributed by atoms with E-state index in [9.17, 15) is 0 Å². The van der Waals surface area contributed by atoms with Gasteiger partial charge in [0.25, 0.3) is 0 Å². The minimum atomic E-state index is 0.795. The molecule has 4 aromatic carbocycles. The number of rotatable bonds is 5. The van der Waals surface area contributed by atoms with Gasteiger partial charge in [-0.25, -0.2) is 0 Å². The van der Waals surface area contributed by atoms with Crippen molar-refractivity contribution < 1.29 is 0 Å². The van der Waals surface area contributed by atoms with Crippen LogP contribution in [0.15, 0.2) is 132 Å². The molecule has 0 unspecified atom stereocenters. The Morgan fingerprint density at radius 3 is 1.31 bits per heavy atom. The molecule has 0 atom stereocenters. The van der Waals surface area contributed by atoms with E-state index in [2.05, 4.69) is 80.6 Å². The molecule has 0 bridgehead atoms. The Morgan fingerprint density at radius 1 is 0.444 bits per heavy atom. The summed E-state index contributed by atoms with van der Waals surface area (Å²) < 4.78 is 0. The molecule has 6 rings (SSSR count). The quantitative estimate of drug-likeness (QED) is 0.244. The summed E-state index contributed by atoms with van der Waals surface area (Å²) in [6.45, 7) is 0. The Bertz CT molecular complexity index is 1590. The van der Waals surface area contributed by atoms with Crippen LogP contribution in [0.4, 0.5) is 11.4 Å². The van der Waals surface area contributed by atoms with Gasteiger partial charge in [0.2, 0.25) is 0 Å². The van der Waals surface area contributed by atoms with Crippen molar-refractivity contribution in [2.75, 3.05) is 0 Å². The molecule has 0 fully saturated rings. The first-order chi connectivity index (χ1) is 17.8. The molecule has 0 saturated heterocycles. The number of nitrogens with zero attached hydrogens (tertiary/aromatic N) is 4. The summed E-state index contributed by atoms with van der Waals surface area (Å²) >= 11 is 0. The van der Waals surface area contributed by atoms with Gasteiger partial charge in [-0.05, 0) is 69.1 Å². The van der Waals surface area contributed by atoms with Crippen LogP contribution in [0.3, 0.4) is 0 Å². The maximum Gasteiger partial charge on any atom is 0.0887 e. The van der Waals surface area contributed by atoms with Crippen LogP contribution in [0.5, 0.6) is 0 Å². The largest absolute Gasteiger partial charge is 0.255 e. The standard InChI is InChI=1S/C32H22N4/c1-3-7-27-17-23(9-11-25(27)5-1)19-33-29-13-15-31(35-21-29)32-16-14-30(22-36-32)34-20-24-10-12-26-6-2-4-8-28(26)18-24/h1-22H. The summed E-state index contributed by atoms with van der Waals surface area (Å²) in [5, 5.41) is 4.84. The Morgan fingerprint density at radius 2 is 0.889 bits per heavy atom. The van der Waals surface area contributed by atoms with E-state index in [0.29, 0.717) is 0 Å². The minimum Gasteiger partial charge on any atom is -0.255 e. The molecule has 36 heavy (non-hydrogen) atoms. The molecule has 0 saturated carbocycles. The summed E-state index contributed by atoms with van der Waals surface area (Å²) in [7, 11) is 0. The topological polar surface area (TPSA) is 50.5 Å². The SMILES string of the molecule is C(=Nc1ccc(-c2ccc(N=Cc3ccc4ccccc4c3)cn2)nc1)c1ccc2ccccc2c1. The van der Waals surface area contributed by atoms with Crippen molar-refractivity contribution in [2.24, 2.45) is 9.98 Å². The van der Waals surface area contributed by atoms with Gasteiger partial charge in [-0.1, -0.05) is 72.8 Å². The normalized spacial score (nSPS) is 11.7. The molecule has 0 radical (unpaired) electrons. The van der Waals surface area contributed by atoms with E-state index in [1.807, 2.05) is 61.0 Å². The van der Waals surface area contributed by atoms with Crippen LogP contribution in [0.1, 0.15) is 11.1 Å². The zero-order chi connectivity index (χ0) is 24.2. The Kier molecular flexibility index (Phi) is 5.83. The van der Waals surface area contributed by atoms with Crippen molar-refractivity contribution >= 4 is 45.3 Å². The lowest BCUT2D eigenvalue weighted by atomic mass is 10.1. The first-order valence-corrected chi connectivity index (χ1v) is 11.8. The van der Waals surface area contributed by atoms with Gasteiger partial charge >= 0.3 is 0 Å². The predicted octanol–water partition coefficient (Wildman–Crippen LogP) is 7.95. The highest BCUT2D eigenvalue weighted by atomic mass is 14.8. The fraction of sp³-hybridized carbons (Fsp3) is 0. The van der Waals surface area contributed by atoms with Crippen LogP contribution in [0.2, 0.25) is 0 Å². The molecular weight excluding hydrogens is 440 g/mol. The second kappa shape index (κ2) is 9.72. The Labute approximate surface area is 209 Å². The summed E-state index contributed by atoms with van der Waals surface area (Å²) in [6.07, 6.45) is 7.26. The van der Waals surface area contributed by atoms with E-state index < -0.39 is 0 Å². The fourth-order valence-electron chi connectivity index (χ4n) is 4.10. The molecule has 0 N–H and O–H groups in total. The van der Waals surface area contributed by atoms with Crippen molar-refractivity contribution in [1.29, 1.82) is 0 Å². The monoisotopic (exact) mass is 462 g/mol. The molecule has 6 aromatic rings. The molecule has 0 aliphatic carbocycles. The average Bonchev–Trinajstić information content (AvgIpc) is 2.95. The first-order valence-electron chi connectivity index (χ1n) is 11.8. The molecule has 0 amide bonds. The molecule has 4 heteroatoms. The van der Waals surface area contributed by atoms with Crippen molar-refractivity contribution in [2.45, 2.75) is 0 Å². The third-order valence-corrected chi connectivity index (χ3v) is 6.03. The van der Waals surface area contributed by atoms with Crippen LogP contribution < -0.4 is 0 Å². The molecule has 4 nitrogen and oxygen atoms in total. The van der Waals surface area contributed by atoms with Crippen LogP contribution in [0.25, 0.3) is 32.9 Å². The third-order valence-electron chi connectivity index (χ3n) is 6.03.